The number of carboxylic acids is 1. The first-order chi connectivity index (χ1) is 9.54. The molecule has 20 heavy (non-hydrogen) atoms. The first kappa shape index (κ1) is 17.3. The maximum atomic E-state index is 10.9. The summed E-state index contributed by atoms with van der Waals surface area (Å²) in [4.78, 5) is 11.7. The summed E-state index contributed by atoms with van der Waals surface area (Å²) in [5, 5.41) is 18.9. The maximum Gasteiger partial charge on any atom is 0.337 e. The van der Waals surface area contributed by atoms with Crippen molar-refractivity contribution in [3.8, 4) is 0 Å². The fourth-order valence-electron chi connectivity index (χ4n) is 1.36. The van der Waals surface area contributed by atoms with Crippen LogP contribution in [0.15, 0.2) is 23.1 Å². The molecule has 0 aliphatic heterocycles. The topological polar surface area (TPSA) is 76.0 Å². The summed E-state index contributed by atoms with van der Waals surface area (Å²) in [7, 11) is 1.58. The monoisotopic (exact) mass is 320 g/mol. The molecule has 0 fully saturated rings. The van der Waals surface area contributed by atoms with Crippen molar-refractivity contribution >= 4 is 29.3 Å². The van der Waals surface area contributed by atoms with Crippen molar-refractivity contribution in [2.75, 3.05) is 32.7 Å². The van der Waals surface area contributed by atoms with Crippen molar-refractivity contribution in [1.82, 2.24) is 0 Å². The highest BCUT2D eigenvalue weighted by molar-refractivity contribution is 7.99. The number of aromatic carboxylic acids is 1. The van der Waals surface area contributed by atoms with Gasteiger partial charge in [-0.1, -0.05) is 11.6 Å². The van der Waals surface area contributed by atoms with Crippen molar-refractivity contribution < 1.29 is 24.5 Å². The second kappa shape index (κ2) is 9.20. The van der Waals surface area contributed by atoms with Crippen LogP contribution in [-0.4, -0.2) is 55.0 Å². The van der Waals surface area contributed by atoms with E-state index in [1.54, 1.807) is 13.2 Å². The molecule has 0 heterocycles. The zero-order valence-electron chi connectivity index (χ0n) is 11.0. The van der Waals surface area contributed by atoms with Gasteiger partial charge in [0.05, 0.1) is 36.5 Å². The Bertz CT molecular complexity index is 441. The first-order valence-electron chi connectivity index (χ1n) is 5.95. The van der Waals surface area contributed by atoms with Gasteiger partial charge in [-0.25, -0.2) is 4.79 Å². The van der Waals surface area contributed by atoms with Crippen LogP contribution in [0, 0.1) is 0 Å². The van der Waals surface area contributed by atoms with Crippen molar-refractivity contribution in [3.63, 3.8) is 0 Å². The van der Waals surface area contributed by atoms with Crippen molar-refractivity contribution in [1.29, 1.82) is 0 Å². The molecule has 5 nitrogen and oxygen atoms in total. The molecule has 0 spiro atoms. The molecule has 0 aliphatic carbocycles. The molecule has 0 aliphatic rings. The molecule has 0 radical (unpaired) electrons. The van der Waals surface area contributed by atoms with E-state index in [-0.39, 0.29) is 17.2 Å². The molecule has 1 unspecified atom stereocenters. The van der Waals surface area contributed by atoms with Gasteiger partial charge in [-0.2, -0.15) is 0 Å². The minimum Gasteiger partial charge on any atom is -0.478 e. The largest absolute Gasteiger partial charge is 0.478 e. The van der Waals surface area contributed by atoms with E-state index in [1.807, 2.05) is 0 Å². The predicted octanol–water partition coefficient (Wildman–Crippen LogP) is 2.15. The molecule has 0 aromatic heterocycles. The molecule has 0 bridgehead atoms. The van der Waals surface area contributed by atoms with Crippen molar-refractivity contribution in [2.24, 2.45) is 0 Å². The molecule has 1 rings (SSSR count). The molecular weight excluding hydrogens is 304 g/mol. The van der Waals surface area contributed by atoms with Gasteiger partial charge in [0.15, 0.2) is 0 Å². The number of hydrogen-bond acceptors (Lipinski definition) is 5. The Morgan fingerprint density at radius 2 is 2.20 bits per heavy atom. The van der Waals surface area contributed by atoms with Crippen molar-refractivity contribution in [2.45, 2.75) is 11.0 Å². The molecule has 2 N–H and O–H groups in total. The Morgan fingerprint density at radius 1 is 1.45 bits per heavy atom. The number of methoxy groups -OCH3 is 1. The Balaban J connectivity index is 2.41. The second-order valence-electron chi connectivity index (χ2n) is 3.98. The Kier molecular flexibility index (Phi) is 7.94. The molecule has 7 heteroatoms. The van der Waals surface area contributed by atoms with Crippen LogP contribution in [0.4, 0.5) is 0 Å². The normalized spacial score (nSPS) is 12.3. The highest BCUT2D eigenvalue weighted by Crippen LogP contribution is 2.25. The lowest BCUT2D eigenvalue weighted by Crippen LogP contribution is -2.19. The standard InChI is InChI=1S/C13H17ClO5S/c1-18-4-5-19-7-9(15)8-20-10-2-3-12(14)11(6-10)13(16)17/h2-3,6,9,15H,4-5,7-8H2,1H3,(H,16,17). The lowest BCUT2D eigenvalue weighted by atomic mass is 10.2. The number of hydrogen-bond donors (Lipinski definition) is 2. The van der Waals surface area contributed by atoms with E-state index in [2.05, 4.69) is 0 Å². The van der Waals surface area contributed by atoms with Crippen LogP contribution in [-0.2, 0) is 9.47 Å². The lowest BCUT2D eigenvalue weighted by molar-refractivity contribution is 0.0218. The average Bonchev–Trinajstić information content (AvgIpc) is 2.42. The van der Waals surface area contributed by atoms with Gasteiger partial charge in [0, 0.05) is 17.8 Å². The fourth-order valence-corrected chi connectivity index (χ4v) is 2.41. The van der Waals surface area contributed by atoms with Gasteiger partial charge in [-0.05, 0) is 18.2 Å². The van der Waals surface area contributed by atoms with E-state index in [0.717, 1.165) is 4.90 Å². The Hall–Kier alpha value is -0.790. The molecule has 0 saturated heterocycles. The molecule has 1 aromatic carbocycles. The zero-order chi connectivity index (χ0) is 15.0. The van der Waals surface area contributed by atoms with Crippen LogP contribution in [0.1, 0.15) is 10.4 Å². The predicted molar refractivity (Wildman–Crippen MR) is 77.8 cm³/mol. The molecule has 0 saturated carbocycles. The average molecular weight is 321 g/mol. The third kappa shape index (κ3) is 6.11. The molecule has 1 atom stereocenters. The summed E-state index contributed by atoms with van der Waals surface area (Å²) in [5.74, 6) is -0.658. The van der Waals surface area contributed by atoms with E-state index in [9.17, 15) is 9.90 Å². The number of carbonyl (C=O) groups is 1. The smallest absolute Gasteiger partial charge is 0.337 e. The number of rotatable bonds is 9. The van der Waals surface area contributed by atoms with E-state index in [0.29, 0.717) is 19.0 Å². The van der Waals surface area contributed by atoms with Gasteiger partial charge in [0.25, 0.3) is 0 Å². The summed E-state index contributed by atoms with van der Waals surface area (Å²) >= 11 is 7.13. The number of ether oxygens (including phenoxy) is 2. The van der Waals surface area contributed by atoms with E-state index >= 15 is 0 Å². The minimum absolute atomic E-state index is 0.0579. The fraction of sp³-hybridized carbons (Fsp3) is 0.462. The number of carboxylic acid groups (broad SMARTS) is 1. The molecule has 0 amide bonds. The summed E-state index contributed by atoms with van der Waals surface area (Å²) in [6, 6.07) is 4.75. The number of halogens is 1. The first-order valence-corrected chi connectivity index (χ1v) is 7.31. The van der Waals surface area contributed by atoms with Crippen LogP contribution in [0.3, 0.4) is 0 Å². The molecular formula is C13H17ClO5S. The number of thioether (sulfide) groups is 1. The number of aliphatic hydroxyl groups is 1. The summed E-state index contributed by atoms with van der Waals surface area (Å²) in [5.41, 5.74) is 0.0579. The number of aliphatic hydroxyl groups excluding tert-OH is 1. The van der Waals surface area contributed by atoms with Gasteiger partial charge in [-0.15, -0.1) is 11.8 Å². The lowest BCUT2D eigenvalue weighted by Gasteiger charge is -2.11. The SMILES string of the molecule is COCCOCC(O)CSc1ccc(Cl)c(C(=O)O)c1. The van der Waals surface area contributed by atoms with Crippen LogP contribution >= 0.6 is 23.4 Å². The van der Waals surface area contributed by atoms with Gasteiger partial charge in [0.1, 0.15) is 0 Å². The second-order valence-corrected chi connectivity index (χ2v) is 5.48. The highest BCUT2D eigenvalue weighted by Gasteiger charge is 2.11. The van der Waals surface area contributed by atoms with Crippen LogP contribution in [0.5, 0.6) is 0 Å². The Morgan fingerprint density at radius 3 is 2.85 bits per heavy atom. The minimum atomic E-state index is -1.07. The molecule has 112 valence electrons. The van der Waals surface area contributed by atoms with E-state index in [4.69, 9.17) is 26.2 Å². The van der Waals surface area contributed by atoms with Gasteiger partial charge in [-0.3, -0.25) is 0 Å². The number of benzene rings is 1. The zero-order valence-corrected chi connectivity index (χ0v) is 12.6. The summed E-state index contributed by atoms with van der Waals surface area (Å²) < 4.78 is 10.0. The van der Waals surface area contributed by atoms with Crippen molar-refractivity contribution in [3.05, 3.63) is 28.8 Å². The molecule has 1 aromatic rings. The van der Waals surface area contributed by atoms with Gasteiger partial charge >= 0.3 is 5.97 Å². The third-order valence-electron chi connectivity index (χ3n) is 2.35. The van der Waals surface area contributed by atoms with Gasteiger partial charge in [0.2, 0.25) is 0 Å². The van der Waals surface area contributed by atoms with Crippen LogP contribution < -0.4 is 0 Å². The van der Waals surface area contributed by atoms with E-state index < -0.39 is 12.1 Å². The summed E-state index contributed by atoms with van der Waals surface area (Å²) in [6.07, 6.45) is -0.624. The van der Waals surface area contributed by atoms with Crippen LogP contribution in [0.25, 0.3) is 0 Å². The van der Waals surface area contributed by atoms with E-state index in [1.165, 1.54) is 23.9 Å². The Labute approximate surface area is 126 Å². The maximum absolute atomic E-state index is 10.9. The quantitative estimate of drug-likeness (QED) is 0.536. The third-order valence-corrected chi connectivity index (χ3v) is 3.82. The van der Waals surface area contributed by atoms with Gasteiger partial charge < -0.3 is 19.7 Å². The summed E-state index contributed by atoms with van der Waals surface area (Å²) in [6.45, 7) is 1.14. The highest BCUT2D eigenvalue weighted by atomic mass is 35.5. The van der Waals surface area contributed by atoms with Crippen LogP contribution in [0.2, 0.25) is 5.02 Å².